The molecule has 1 saturated heterocycles. The number of aryl methyl sites for hydroxylation is 1. The van der Waals surface area contributed by atoms with Gasteiger partial charge >= 0.3 is 0 Å². The molecule has 0 aliphatic carbocycles. The number of benzene rings is 2. The van der Waals surface area contributed by atoms with E-state index in [0.29, 0.717) is 28.5 Å². The highest BCUT2D eigenvalue weighted by Crippen LogP contribution is 2.37. The van der Waals surface area contributed by atoms with Crippen LogP contribution < -0.4 is 31.5 Å². The molecule has 0 radical (unpaired) electrons. The van der Waals surface area contributed by atoms with Gasteiger partial charge in [-0.05, 0) is 24.3 Å². The lowest BCUT2D eigenvalue weighted by atomic mass is 10.1. The number of anilines is 3. The Morgan fingerprint density at radius 2 is 2.02 bits per heavy atom. The molecule has 0 spiro atoms. The second kappa shape index (κ2) is 13.1. The number of rotatable bonds is 12. The summed E-state index contributed by atoms with van der Waals surface area (Å²) in [6, 6.07) is 9.32. The Hall–Kier alpha value is -4.39. The van der Waals surface area contributed by atoms with Gasteiger partial charge in [0.1, 0.15) is 11.6 Å². The third kappa shape index (κ3) is 6.78. The molecule has 4 rings (SSSR count). The molecular weight excluding hydrogens is 510 g/mol. The average Bonchev–Trinajstić information content (AvgIpc) is 3.35. The molecule has 212 valence electrons. The second-order valence-corrected chi connectivity index (χ2v) is 9.42. The first-order chi connectivity index (χ1) is 19.3. The van der Waals surface area contributed by atoms with Gasteiger partial charge in [0, 0.05) is 63.4 Å². The number of morpholine rings is 1. The first-order valence-electron chi connectivity index (χ1n) is 13.0. The molecule has 0 unspecified atom stereocenters. The summed E-state index contributed by atoms with van der Waals surface area (Å²) in [5.74, 6) is 6.39. The molecule has 3 aromatic rings. The Bertz CT molecular complexity index is 1410. The minimum atomic E-state index is -0.334. The third-order valence-electron chi connectivity index (χ3n) is 6.80. The van der Waals surface area contributed by atoms with Crippen LogP contribution in [0.25, 0.3) is 10.9 Å². The number of hydrogen-bond acceptors (Lipinski definition) is 10. The van der Waals surface area contributed by atoms with Crippen LogP contribution in [0, 0.1) is 5.41 Å². The fourth-order valence-electron chi connectivity index (χ4n) is 4.49. The number of carbonyl (C=O) groups excluding carboxylic acids is 1. The van der Waals surface area contributed by atoms with Crippen LogP contribution in [0.2, 0.25) is 0 Å². The van der Waals surface area contributed by atoms with Gasteiger partial charge in [0.2, 0.25) is 5.91 Å². The predicted octanol–water partition coefficient (Wildman–Crippen LogP) is 2.26. The number of nitrogens with two attached hydrogens (primary N) is 1. The van der Waals surface area contributed by atoms with Gasteiger partial charge in [0.05, 0.1) is 54.8 Å². The zero-order valence-corrected chi connectivity index (χ0v) is 23.2. The minimum absolute atomic E-state index is 0.241. The fraction of sp³-hybridized carbons (Fsp3) is 0.321. The van der Waals surface area contributed by atoms with E-state index in [1.54, 1.807) is 30.1 Å². The van der Waals surface area contributed by atoms with Crippen LogP contribution in [0.3, 0.4) is 0 Å². The van der Waals surface area contributed by atoms with Crippen LogP contribution in [0.15, 0.2) is 61.1 Å². The van der Waals surface area contributed by atoms with Crippen LogP contribution in [0.4, 0.5) is 17.1 Å². The number of carbonyl (C=O) groups is 1. The number of hydrazine groups is 1. The lowest BCUT2D eigenvalue weighted by molar-refractivity contribution is -0.111. The Labute approximate surface area is 233 Å². The zero-order valence-electron chi connectivity index (χ0n) is 23.2. The summed E-state index contributed by atoms with van der Waals surface area (Å²) in [5.41, 5.74) is 6.45. The molecule has 1 aliphatic rings. The number of fused-ring (bicyclic) bond motifs is 1. The van der Waals surface area contributed by atoms with Crippen molar-refractivity contribution in [3.63, 3.8) is 0 Å². The van der Waals surface area contributed by atoms with E-state index in [-0.39, 0.29) is 11.6 Å². The van der Waals surface area contributed by atoms with Crippen LogP contribution in [-0.2, 0) is 16.6 Å². The third-order valence-corrected chi connectivity index (χ3v) is 6.80. The van der Waals surface area contributed by atoms with E-state index in [1.165, 1.54) is 6.08 Å². The number of ether oxygens (including phenoxy) is 2. The maximum Gasteiger partial charge on any atom is 0.247 e. The van der Waals surface area contributed by atoms with Crippen LogP contribution in [0.1, 0.15) is 5.56 Å². The number of nitrogens with zero attached hydrogens (tertiary/aromatic N) is 4. The van der Waals surface area contributed by atoms with Gasteiger partial charge in [0.25, 0.3) is 0 Å². The molecule has 1 aromatic heterocycles. The number of nitrogens with one attached hydrogen (secondary N) is 4. The number of amides is 1. The highest BCUT2D eigenvalue weighted by Gasteiger charge is 2.18. The molecule has 0 saturated carbocycles. The Morgan fingerprint density at radius 3 is 2.73 bits per heavy atom. The van der Waals surface area contributed by atoms with Crippen LogP contribution in [0.5, 0.6) is 5.75 Å². The summed E-state index contributed by atoms with van der Waals surface area (Å²) < 4.78 is 12.9. The van der Waals surface area contributed by atoms with Crippen molar-refractivity contribution < 1.29 is 14.3 Å². The van der Waals surface area contributed by atoms with Crippen molar-refractivity contribution in [2.75, 3.05) is 69.1 Å². The van der Waals surface area contributed by atoms with Crippen molar-refractivity contribution >= 4 is 39.6 Å². The van der Waals surface area contributed by atoms with E-state index in [1.807, 2.05) is 38.4 Å². The first-order valence-corrected chi connectivity index (χ1v) is 13.0. The fourth-order valence-corrected chi connectivity index (χ4v) is 4.49. The quantitative estimate of drug-likeness (QED) is 0.0997. The standard InChI is InChI=1S/C28H37N9O3/c1-5-28(38)33-22-16-23(26(39-4)17-25(22)35(2)8-9-37-10-12-40-13-11-37)32-27(34-30)15-21(29)19-6-7-24-20(14-19)18-31-36(24)3/h5-7,14-18,29,32,34H,1,8-13,30H2,2-4H3,(H,33,38)/b27-15-,29-21?. The van der Waals surface area contributed by atoms with Crippen LogP contribution >= 0.6 is 0 Å². The molecule has 1 fully saturated rings. The molecule has 0 bridgehead atoms. The van der Waals surface area contributed by atoms with Gasteiger partial charge in [-0.3, -0.25) is 14.4 Å². The highest BCUT2D eigenvalue weighted by atomic mass is 16.5. The van der Waals surface area contributed by atoms with E-state index >= 15 is 0 Å². The topological polar surface area (TPSA) is 146 Å². The minimum Gasteiger partial charge on any atom is -0.494 e. The van der Waals surface area contributed by atoms with E-state index in [0.717, 1.165) is 56.0 Å². The van der Waals surface area contributed by atoms with Gasteiger partial charge < -0.3 is 35.8 Å². The number of aromatic nitrogens is 2. The predicted molar refractivity (Wildman–Crippen MR) is 159 cm³/mol. The van der Waals surface area contributed by atoms with Crippen molar-refractivity contribution in [1.82, 2.24) is 20.1 Å². The normalized spacial score (nSPS) is 14.1. The number of likely N-dealkylation sites (N-methyl/N-ethyl adjacent to an activating group) is 1. The Balaban J connectivity index is 1.59. The maximum atomic E-state index is 12.3. The lowest BCUT2D eigenvalue weighted by Gasteiger charge is -2.30. The molecule has 6 N–H and O–H groups in total. The van der Waals surface area contributed by atoms with Crippen molar-refractivity contribution in [1.29, 1.82) is 5.41 Å². The van der Waals surface area contributed by atoms with E-state index in [4.69, 9.17) is 20.7 Å². The Kier molecular flexibility index (Phi) is 9.38. The van der Waals surface area contributed by atoms with Crippen molar-refractivity contribution in [2.45, 2.75) is 0 Å². The molecule has 40 heavy (non-hydrogen) atoms. The number of hydrogen-bond donors (Lipinski definition) is 5. The van der Waals surface area contributed by atoms with Gasteiger partial charge in [-0.25, -0.2) is 5.84 Å². The molecule has 2 aromatic carbocycles. The zero-order chi connectivity index (χ0) is 28.6. The lowest BCUT2D eigenvalue weighted by Crippen LogP contribution is -2.40. The Morgan fingerprint density at radius 1 is 1.25 bits per heavy atom. The summed E-state index contributed by atoms with van der Waals surface area (Å²) in [4.78, 5) is 16.7. The summed E-state index contributed by atoms with van der Waals surface area (Å²) in [6.45, 7) is 8.43. The monoisotopic (exact) mass is 547 g/mol. The number of methoxy groups -OCH3 is 1. The first kappa shape index (κ1) is 28.6. The van der Waals surface area contributed by atoms with Gasteiger partial charge in [-0.15, -0.1) is 0 Å². The van der Waals surface area contributed by atoms with Crippen LogP contribution in [-0.4, -0.2) is 79.8 Å². The molecule has 1 amide bonds. The van der Waals surface area contributed by atoms with E-state index < -0.39 is 0 Å². The summed E-state index contributed by atoms with van der Waals surface area (Å²) in [7, 11) is 5.42. The average molecular weight is 548 g/mol. The summed E-state index contributed by atoms with van der Waals surface area (Å²) >= 11 is 0. The molecule has 2 heterocycles. The molecular formula is C28H37N9O3. The second-order valence-electron chi connectivity index (χ2n) is 9.42. The van der Waals surface area contributed by atoms with Gasteiger partial charge in [-0.2, -0.15) is 5.10 Å². The van der Waals surface area contributed by atoms with Crippen molar-refractivity contribution in [3.8, 4) is 5.75 Å². The largest absolute Gasteiger partial charge is 0.494 e. The summed E-state index contributed by atoms with van der Waals surface area (Å²) in [5, 5.41) is 19.9. The van der Waals surface area contributed by atoms with Crippen molar-refractivity contribution in [3.05, 3.63) is 66.6 Å². The smallest absolute Gasteiger partial charge is 0.247 e. The molecule has 0 atom stereocenters. The van der Waals surface area contributed by atoms with Crippen molar-refractivity contribution in [2.24, 2.45) is 12.9 Å². The molecule has 12 nitrogen and oxygen atoms in total. The van der Waals surface area contributed by atoms with Gasteiger partial charge in [0.15, 0.2) is 0 Å². The van der Waals surface area contributed by atoms with Gasteiger partial charge in [-0.1, -0.05) is 12.6 Å². The van der Waals surface area contributed by atoms with E-state index in [2.05, 4.69) is 37.5 Å². The summed E-state index contributed by atoms with van der Waals surface area (Å²) in [6.07, 6.45) is 4.57. The molecule has 1 aliphatic heterocycles. The van der Waals surface area contributed by atoms with E-state index in [9.17, 15) is 4.79 Å². The molecule has 12 heteroatoms. The maximum absolute atomic E-state index is 12.3. The SMILES string of the molecule is C=CC(=O)Nc1cc(N/C(=C/C(=N)c2ccc3c(cnn3C)c2)NN)c(OC)cc1N(C)CCN1CCOCC1. The highest BCUT2D eigenvalue weighted by molar-refractivity contribution is 6.09. The number of allylic oxidation sites excluding steroid dienone is 1.